The Hall–Kier alpha value is -4.01. The molecular weight excluding hydrogens is 486 g/mol. The molecule has 4 aromatic rings. The fourth-order valence-electron chi connectivity index (χ4n) is 3.61. The van der Waals surface area contributed by atoms with Crippen molar-refractivity contribution in [1.29, 1.82) is 0 Å². The largest absolute Gasteiger partial charge is 0.478 e. The number of hydrazone groups is 1. The third kappa shape index (κ3) is 5.74. The molecule has 4 rings (SSSR count). The Balaban J connectivity index is 1.52. The third-order valence-electron chi connectivity index (χ3n) is 5.26. The first-order valence-corrected chi connectivity index (χ1v) is 11.8. The number of thiazole rings is 1. The number of aromatic carboxylic acids is 1. The molecule has 0 aliphatic carbocycles. The number of amides is 1. The Morgan fingerprint density at radius 2 is 1.63 bits per heavy atom. The molecule has 1 heterocycles. The van der Waals surface area contributed by atoms with Gasteiger partial charge in [0.2, 0.25) is 0 Å². The van der Waals surface area contributed by atoms with Crippen LogP contribution >= 0.6 is 22.9 Å². The summed E-state index contributed by atoms with van der Waals surface area (Å²) in [6.45, 7) is 0.111. The molecule has 1 amide bonds. The molecule has 0 aliphatic rings. The second-order valence-corrected chi connectivity index (χ2v) is 8.95. The lowest BCUT2D eigenvalue weighted by Crippen LogP contribution is -2.26. The number of nitrogens with one attached hydrogen (secondary N) is 1. The molecule has 0 aliphatic heterocycles. The van der Waals surface area contributed by atoms with Gasteiger partial charge in [0, 0.05) is 0 Å². The van der Waals surface area contributed by atoms with Gasteiger partial charge in [0.15, 0.2) is 0 Å². The average molecular weight is 506 g/mol. The maximum Gasteiger partial charge on any atom is 0.335 e. The minimum absolute atomic E-state index is 0.111. The summed E-state index contributed by atoms with van der Waals surface area (Å²) in [5.74, 6) is -1.94. The molecule has 1 aromatic heterocycles. The monoisotopic (exact) mass is 505 g/mol. The number of benzene rings is 3. The highest BCUT2D eigenvalue weighted by molar-refractivity contribution is 7.11. The van der Waals surface area contributed by atoms with Gasteiger partial charge in [0.1, 0.15) is 5.15 Å². The van der Waals surface area contributed by atoms with E-state index in [0.717, 1.165) is 22.5 Å². The Morgan fingerprint density at radius 3 is 2.23 bits per heavy atom. The molecule has 2 N–H and O–H groups in total. The highest BCUT2D eigenvalue weighted by Crippen LogP contribution is 2.25. The summed E-state index contributed by atoms with van der Waals surface area (Å²) in [5, 5.41) is 13.4. The first-order valence-electron chi connectivity index (χ1n) is 10.6. The summed E-state index contributed by atoms with van der Waals surface area (Å²) in [6, 6.07) is 25.0. The zero-order valence-corrected chi connectivity index (χ0v) is 19.9. The van der Waals surface area contributed by atoms with Crippen LogP contribution in [0.4, 0.5) is 0 Å². The lowest BCUT2D eigenvalue weighted by Gasteiger charge is -2.16. The van der Waals surface area contributed by atoms with Crippen molar-refractivity contribution in [2.24, 2.45) is 5.10 Å². The summed E-state index contributed by atoms with van der Waals surface area (Å²) >= 11 is 7.29. The van der Waals surface area contributed by atoms with Gasteiger partial charge in [0.05, 0.1) is 29.1 Å². The lowest BCUT2D eigenvalue weighted by atomic mass is 9.91. The van der Waals surface area contributed by atoms with E-state index in [1.807, 2.05) is 60.7 Å². The summed E-state index contributed by atoms with van der Waals surface area (Å²) in [5.41, 5.74) is 4.95. The number of rotatable bonds is 8. The highest BCUT2D eigenvalue weighted by Gasteiger charge is 2.22. The van der Waals surface area contributed by atoms with Crippen molar-refractivity contribution in [1.82, 2.24) is 9.99 Å². The molecule has 0 atom stereocenters. The van der Waals surface area contributed by atoms with Crippen LogP contribution in [-0.2, 0) is 11.3 Å². The van der Waals surface area contributed by atoms with Crippen LogP contribution in [0.5, 0.6) is 0 Å². The van der Waals surface area contributed by atoms with Gasteiger partial charge >= 0.3 is 10.8 Å². The van der Waals surface area contributed by atoms with Crippen LogP contribution < -0.4 is 10.3 Å². The topological polar surface area (TPSA) is 101 Å². The van der Waals surface area contributed by atoms with Crippen molar-refractivity contribution in [3.63, 3.8) is 0 Å². The molecule has 35 heavy (non-hydrogen) atoms. The lowest BCUT2D eigenvalue weighted by molar-refractivity contribution is -0.121. The first-order chi connectivity index (χ1) is 16.9. The van der Waals surface area contributed by atoms with Gasteiger partial charge in [-0.3, -0.25) is 14.2 Å². The van der Waals surface area contributed by atoms with E-state index < -0.39 is 11.9 Å². The minimum atomic E-state index is -1.05. The number of nitrogens with zero attached hydrogens (tertiary/aromatic N) is 2. The molecule has 0 unspecified atom stereocenters. The molecule has 0 saturated heterocycles. The van der Waals surface area contributed by atoms with Crippen LogP contribution in [0.25, 0.3) is 0 Å². The predicted octanol–water partition coefficient (Wildman–Crippen LogP) is 4.59. The van der Waals surface area contributed by atoms with Crippen molar-refractivity contribution in [3.8, 4) is 0 Å². The van der Waals surface area contributed by atoms with Gasteiger partial charge in [-0.15, -0.1) is 0 Å². The number of carboxylic acids is 1. The SMILES string of the molecule is O=C(O)c1cccc(Cn2c(Cl)c(/C=N\NC(=O)C(c3ccccc3)c3ccccc3)sc2=O)c1. The zero-order valence-electron chi connectivity index (χ0n) is 18.3. The Labute approximate surface area is 209 Å². The molecule has 9 heteroatoms. The van der Waals surface area contributed by atoms with Gasteiger partial charge in [-0.1, -0.05) is 95.7 Å². The summed E-state index contributed by atoms with van der Waals surface area (Å²) in [4.78, 5) is 36.8. The molecule has 0 saturated carbocycles. The van der Waals surface area contributed by atoms with Gasteiger partial charge in [-0.25, -0.2) is 10.2 Å². The van der Waals surface area contributed by atoms with Gasteiger partial charge in [-0.05, 0) is 28.8 Å². The number of carboxylic acid groups (broad SMARTS) is 1. The molecule has 0 radical (unpaired) electrons. The van der Waals surface area contributed by atoms with Crippen molar-refractivity contribution < 1.29 is 14.7 Å². The fraction of sp³-hybridized carbons (Fsp3) is 0.0769. The van der Waals surface area contributed by atoms with Gasteiger partial charge in [0.25, 0.3) is 5.91 Å². The van der Waals surface area contributed by atoms with E-state index in [1.54, 1.807) is 12.1 Å². The number of halogens is 1. The molecule has 0 spiro atoms. The van der Waals surface area contributed by atoms with Crippen molar-refractivity contribution >= 4 is 41.0 Å². The van der Waals surface area contributed by atoms with E-state index >= 15 is 0 Å². The average Bonchev–Trinajstić information content (AvgIpc) is 3.13. The number of carbonyl (C=O) groups excluding carboxylic acids is 1. The fourth-order valence-corrected chi connectivity index (χ4v) is 4.71. The Morgan fingerprint density at radius 1 is 1.00 bits per heavy atom. The molecule has 176 valence electrons. The van der Waals surface area contributed by atoms with Crippen LogP contribution in [0, 0.1) is 0 Å². The van der Waals surface area contributed by atoms with Crippen molar-refractivity contribution in [3.05, 3.63) is 127 Å². The summed E-state index contributed by atoms with van der Waals surface area (Å²) < 4.78 is 1.33. The number of hydrogen-bond acceptors (Lipinski definition) is 5. The number of hydrogen-bond donors (Lipinski definition) is 2. The van der Waals surface area contributed by atoms with Gasteiger partial charge in [-0.2, -0.15) is 5.10 Å². The summed E-state index contributed by atoms with van der Waals surface area (Å²) in [6.07, 6.45) is 1.34. The van der Waals surface area contributed by atoms with Crippen molar-refractivity contribution in [2.45, 2.75) is 12.5 Å². The maximum absolute atomic E-state index is 13.1. The van der Waals surface area contributed by atoms with E-state index in [0.29, 0.717) is 10.4 Å². The molecule has 0 fully saturated rings. The number of aromatic nitrogens is 1. The second-order valence-electron chi connectivity index (χ2n) is 7.60. The molecular formula is C26H20ClN3O4S. The van der Waals surface area contributed by atoms with Crippen LogP contribution in [0.15, 0.2) is 94.8 Å². The molecule has 7 nitrogen and oxygen atoms in total. The van der Waals surface area contributed by atoms with E-state index in [4.69, 9.17) is 11.6 Å². The molecule has 0 bridgehead atoms. The highest BCUT2D eigenvalue weighted by atomic mass is 35.5. The van der Waals surface area contributed by atoms with Crippen LogP contribution in [0.1, 0.15) is 37.8 Å². The Kier molecular flexibility index (Phi) is 7.54. The standard InChI is InChI=1S/C26H20ClN3O4S/c27-23-21(35-26(34)30(23)16-17-8-7-13-20(14-17)25(32)33)15-28-29-24(31)22(18-9-3-1-4-10-18)19-11-5-2-6-12-19/h1-15,22H,16H2,(H,29,31)(H,32,33)/b28-15-. The first kappa shape index (κ1) is 24.1. The van der Waals surface area contributed by atoms with Crippen LogP contribution in [0.3, 0.4) is 0 Å². The summed E-state index contributed by atoms with van der Waals surface area (Å²) in [7, 11) is 0. The van der Waals surface area contributed by atoms with Gasteiger partial charge < -0.3 is 5.11 Å². The van der Waals surface area contributed by atoms with Crippen LogP contribution in [0.2, 0.25) is 5.15 Å². The van der Waals surface area contributed by atoms with Crippen LogP contribution in [-0.4, -0.2) is 27.8 Å². The normalized spacial score (nSPS) is 11.1. The van der Waals surface area contributed by atoms with E-state index in [-0.39, 0.29) is 28.0 Å². The minimum Gasteiger partial charge on any atom is -0.478 e. The predicted molar refractivity (Wildman–Crippen MR) is 137 cm³/mol. The molecule has 3 aromatic carbocycles. The maximum atomic E-state index is 13.1. The number of carbonyl (C=O) groups is 2. The smallest absolute Gasteiger partial charge is 0.335 e. The van der Waals surface area contributed by atoms with E-state index in [9.17, 15) is 19.5 Å². The van der Waals surface area contributed by atoms with Crippen molar-refractivity contribution in [2.75, 3.05) is 0 Å². The quantitative estimate of drug-likeness (QED) is 0.270. The third-order valence-corrected chi connectivity index (χ3v) is 6.69. The van der Waals surface area contributed by atoms with E-state index in [2.05, 4.69) is 10.5 Å². The Bertz CT molecular complexity index is 1390. The van der Waals surface area contributed by atoms with E-state index in [1.165, 1.54) is 22.9 Å². The second kappa shape index (κ2) is 10.9. The zero-order chi connectivity index (χ0) is 24.8.